The van der Waals surface area contributed by atoms with Crippen LogP contribution in [0.15, 0.2) is 52.7 Å². The summed E-state index contributed by atoms with van der Waals surface area (Å²) >= 11 is 7.36. The molecule has 180 valence electrons. The zero-order valence-corrected chi connectivity index (χ0v) is 20.0. The smallest absolute Gasteiger partial charge is 0.265 e. The molecular weight excluding hydrogens is 522 g/mol. The number of hydrogen-bond acceptors (Lipinski definition) is 6. The van der Waals surface area contributed by atoms with Gasteiger partial charge in [-0.2, -0.15) is 0 Å². The molecule has 2 heterocycles. The minimum atomic E-state index is -4.65. The van der Waals surface area contributed by atoms with Gasteiger partial charge < -0.3 is 15.2 Å². The van der Waals surface area contributed by atoms with Crippen LogP contribution in [0.25, 0.3) is 21.2 Å². The van der Waals surface area contributed by atoms with Gasteiger partial charge >= 0.3 is 0 Å². The van der Waals surface area contributed by atoms with Crippen LogP contribution in [0.4, 0.5) is 14.5 Å². The minimum absolute atomic E-state index is 0.000718. The molecule has 0 unspecified atom stereocenters. The molecule has 35 heavy (non-hydrogen) atoms. The van der Waals surface area contributed by atoms with Gasteiger partial charge in [-0.25, -0.2) is 17.2 Å². The Kier molecular flexibility index (Phi) is 5.78. The van der Waals surface area contributed by atoms with E-state index in [-0.39, 0.29) is 30.0 Å². The van der Waals surface area contributed by atoms with Crippen molar-refractivity contribution in [3.05, 3.63) is 70.1 Å². The number of anilines is 1. The molecule has 0 fully saturated rings. The lowest BCUT2D eigenvalue weighted by Gasteiger charge is -2.16. The second-order valence-corrected chi connectivity index (χ2v) is 10.6. The fourth-order valence-corrected chi connectivity index (χ4v) is 6.05. The normalized spacial score (nSPS) is 15.2. The summed E-state index contributed by atoms with van der Waals surface area (Å²) in [6.45, 7) is 0.0230. The summed E-state index contributed by atoms with van der Waals surface area (Å²) in [4.78, 5) is 11.9. The molecule has 0 spiro atoms. The molecule has 0 saturated heterocycles. The Morgan fingerprint density at radius 3 is 2.69 bits per heavy atom. The van der Waals surface area contributed by atoms with Gasteiger partial charge in [-0.3, -0.25) is 9.52 Å². The number of nitrogens with one attached hydrogen (secondary N) is 2. The summed E-state index contributed by atoms with van der Waals surface area (Å²) in [6.07, 6.45) is 0. The van der Waals surface area contributed by atoms with Gasteiger partial charge in [0.25, 0.3) is 15.9 Å². The number of hydrogen-bond donors (Lipinski definition) is 3. The van der Waals surface area contributed by atoms with E-state index in [2.05, 4.69) is 5.32 Å². The second-order valence-electron chi connectivity index (χ2n) is 7.60. The van der Waals surface area contributed by atoms with E-state index >= 15 is 4.39 Å². The van der Waals surface area contributed by atoms with Crippen LogP contribution >= 0.6 is 22.9 Å². The lowest BCUT2D eigenvalue weighted by Crippen LogP contribution is -2.28. The Balaban J connectivity index is 1.76. The van der Waals surface area contributed by atoms with E-state index < -0.39 is 48.9 Å². The monoisotopic (exact) mass is 536 g/mol. The Bertz CT molecular complexity index is 1620. The van der Waals surface area contributed by atoms with Crippen LogP contribution in [0.2, 0.25) is 5.02 Å². The molecular formula is C23H15ClF2N2O5S2. The van der Waals surface area contributed by atoms with Gasteiger partial charge in [-0.15, -0.1) is 11.3 Å². The number of ether oxygens (including phenoxy) is 1. The summed E-state index contributed by atoms with van der Waals surface area (Å²) in [6, 6.07) is 8.75. The highest BCUT2D eigenvalue weighted by Crippen LogP contribution is 2.42. The molecule has 1 amide bonds. The van der Waals surface area contributed by atoms with Crippen molar-refractivity contribution in [3.8, 4) is 22.6 Å². The number of aromatic hydroxyl groups is 1. The van der Waals surface area contributed by atoms with Crippen molar-refractivity contribution >= 4 is 54.6 Å². The first-order valence-corrected chi connectivity index (χ1v) is 12.9. The van der Waals surface area contributed by atoms with Crippen LogP contribution in [0, 0.1) is 11.6 Å². The summed E-state index contributed by atoms with van der Waals surface area (Å²) < 4.78 is 64.7. The van der Waals surface area contributed by atoms with Gasteiger partial charge in [0.2, 0.25) is 0 Å². The molecule has 1 aliphatic rings. The predicted molar refractivity (Wildman–Crippen MR) is 129 cm³/mol. The number of carbonyl (C=O) groups excluding carboxylic acids is 1. The van der Waals surface area contributed by atoms with E-state index in [0.717, 1.165) is 22.9 Å². The van der Waals surface area contributed by atoms with Crippen molar-refractivity contribution in [1.82, 2.24) is 5.32 Å². The molecule has 12 heteroatoms. The van der Waals surface area contributed by atoms with Gasteiger partial charge in [-0.1, -0.05) is 11.6 Å². The van der Waals surface area contributed by atoms with Crippen LogP contribution < -0.4 is 14.8 Å². The lowest BCUT2D eigenvalue weighted by molar-refractivity contribution is 0.0947. The van der Waals surface area contributed by atoms with Gasteiger partial charge in [0.1, 0.15) is 28.9 Å². The third kappa shape index (κ3) is 4.15. The first kappa shape index (κ1) is 23.3. The fraction of sp³-hybridized carbons (Fsp3) is 0.0870. The topological polar surface area (TPSA) is 105 Å². The lowest BCUT2D eigenvalue weighted by atomic mass is 9.99. The molecule has 3 N–H and O–H groups in total. The molecule has 0 aliphatic carbocycles. The van der Waals surface area contributed by atoms with E-state index in [4.69, 9.17) is 16.3 Å². The molecule has 4 bridgehead atoms. The summed E-state index contributed by atoms with van der Waals surface area (Å²) in [5, 5.41) is 14.9. The Labute approximate surface area is 207 Å². The number of fused-ring (bicyclic) bond motifs is 8. The Hall–Kier alpha value is -3.41. The number of sulfonamides is 1. The van der Waals surface area contributed by atoms with E-state index in [1.54, 1.807) is 23.6 Å². The first-order valence-electron chi connectivity index (χ1n) is 10.1. The van der Waals surface area contributed by atoms with Crippen molar-refractivity contribution in [2.75, 3.05) is 17.9 Å². The molecule has 5 rings (SSSR count). The first-order chi connectivity index (χ1) is 16.7. The molecule has 7 nitrogen and oxygen atoms in total. The standard InChI is InChI=1S/C23H15ClF2N2O5S2/c24-14-7-11-8-20(22(14)29)35(31,32)28-17-9-13(15(25)10-16(17)26)21-12-3-6-34-19(12)2-1-18(21)33-5-4-27-23(11)30/h1-3,6-10,28-29H,4-5H2,(H,27,30). The Morgan fingerprint density at radius 2 is 1.89 bits per heavy atom. The highest BCUT2D eigenvalue weighted by molar-refractivity contribution is 7.92. The number of amides is 1. The van der Waals surface area contributed by atoms with Crippen molar-refractivity contribution in [2.45, 2.75) is 4.90 Å². The summed E-state index contributed by atoms with van der Waals surface area (Å²) in [7, 11) is -4.65. The third-order valence-electron chi connectivity index (χ3n) is 5.39. The van der Waals surface area contributed by atoms with Crippen LogP contribution in [0.5, 0.6) is 11.5 Å². The molecule has 0 radical (unpaired) electrons. The van der Waals surface area contributed by atoms with Gasteiger partial charge in [0.15, 0.2) is 5.75 Å². The van der Waals surface area contributed by atoms with Gasteiger partial charge in [0, 0.05) is 32.8 Å². The number of benzene rings is 3. The maximum absolute atomic E-state index is 15.1. The summed E-state index contributed by atoms with van der Waals surface area (Å²) in [5.41, 5.74) is -0.518. The average Bonchev–Trinajstić information content (AvgIpc) is 3.28. The fourth-order valence-electron chi connectivity index (χ4n) is 3.78. The zero-order valence-electron chi connectivity index (χ0n) is 17.6. The molecule has 0 saturated carbocycles. The van der Waals surface area contributed by atoms with Crippen molar-refractivity contribution < 1.29 is 31.8 Å². The quantitative estimate of drug-likeness (QED) is 0.289. The maximum atomic E-state index is 15.1. The van der Waals surface area contributed by atoms with E-state index in [0.29, 0.717) is 17.0 Å². The highest BCUT2D eigenvalue weighted by atomic mass is 35.5. The molecule has 1 aliphatic heterocycles. The largest absolute Gasteiger partial charge is 0.505 e. The van der Waals surface area contributed by atoms with Crippen molar-refractivity contribution in [3.63, 3.8) is 0 Å². The van der Waals surface area contributed by atoms with E-state index in [1.807, 2.05) is 4.72 Å². The highest BCUT2D eigenvalue weighted by Gasteiger charge is 2.27. The van der Waals surface area contributed by atoms with Gasteiger partial charge in [0.05, 0.1) is 17.3 Å². The van der Waals surface area contributed by atoms with E-state index in [9.17, 15) is 22.7 Å². The molecule has 1 aromatic heterocycles. The minimum Gasteiger partial charge on any atom is -0.505 e. The number of halogens is 3. The van der Waals surface area contributed by atoms with Gasteiger partial charge in [-0.05, 0) is 41.8 Å². The SMILES string of the molecule is O=C1NCCOc2ccc3sccc3c2-c2cc(c(F)cc2F)NS(=O)(=O)c2cc1cc(Cl)c2O. The molecule has 3 aromatic carbocycles. The zero-order chi connectivity index (χ0) is 24.9. The van der Waals surface area contributed by atoms with Crippen molar-refractivity contribution in [1.29, 1.82) is 0 Å². The number of phenolic OH excluding ortho intramolecular Hbond substituents is 1. The number of thiophene rings is 1. The van der Waals surface area contributed by atoms with Crippen LogP contribution in [-0.2, 0) is 10.0 Å². The number of phenols is 1. The van der Waals surface area contributed by atoms with E-state index in [1.165, 1.54) is 11.3 Å². The predicted octanol–water partition coefficient (Wildman–Crippen LogP) is 5.13. The average molecular weight is 537 g/mol. The third-order valence-corrected chi connectivity index (χ3v) is 7.94. The number of carbonyl (C=O) groups is 1. The molecule has 0 atom stereocenters. The van der Waals surface area contributed by atoms with Crippen LogP contribution in [0.1, 0.15) is 10.4 Å². The summed E-state index contributed by atoms with van der Waals surface area (Å²) in [5.74, 6) is -3.34. The Morgan fingerprint density at radius 1 is 1.09 bits per heavy atom. The second kappa shape index (κ2) is 8.67. The number of rotatable bonds is 0. The van der Waals surface area contributed by atoms with Crippen LogP contribution in [0.3, 0.4) is 0 Å². The van der Waals surface area contributed by atoms with Crippen LogP contribution in [-0.4, -0.2) is 32.6 Å². The maximum Gasteiger partial charge on any atom is 0.265 e. The molecule has 4 aromatic rings. The van der Waals surface area contributed by atoms with Crippen molar-refractivity contribution in [2.24, 2.45) is 0 Å².